The van der Waals surface area contributed by atoms with Gasteiger partial charge in [0.05, 0.1) is 0 Å². The maximum absolute atomic E-state index is 12.1. The van der Waals surface area contributed by atoms with Gasteiger partial charge in [-0.1, -0.05) is 12.1 Å². The van der Waals surface area contributed by atoms with Gasteiger partial charge in [-0.2, -0.15) is 13.2 Å². The largest absolute Gasteiger partial charge is 0.485 e. The lowest BCUT2D eigenvalue weighted by Crippen LogP contribution is -2.43. The highest BCUT2D eigenvalue weighted by Gasteiger charge is 2.46. The number of ether oxygens (including phenoxy) is 2. The molecule has 0 bridgehead atoms. The molecule has 0 radical (unpaired) electrons. The molecule has 0 amide bonds. The maximum atomic E-state index is 12.1. The molecular formula is C10H7F3O3. The van der Waals surface area contributed by atoms with Crippen LogP contribution in [-0.2, 0) is 4.79 Å². The molecule has 0 aliphatic carbocycles. The molecule has 2 rings (SSSR count). The zero-order valence-corrected chi connectivity index (χ0v) is 7.95. The minimum absolute atomic E-state index is 0.149. The highest BCUT2D eigenvalue weighted by atomic mass is 19.4. The van der Waals surface area contributed by atoms with Crippen LogP contribution in [0.3, 0.4) is 0 Å². The maximum Gasteiger partial charge on any atom is 0.454 e. The van der Waals surface area contributed by atoms with E-state index in [4.69, 9.17) is 9.47 Å². The quantitative estimate of drug-likeness (QED) is 0.742. The summed E-state index contributed by atoms with van der Waals surface area (Å²) in [7, 11) is 0. The number of carbonyl (C=O) groups excluding carboxylic acids is 1. The van der Waals surface area contributed by atoms with E-state index in [0.29, 0.717) is 5.75 Å². The van der Waals surface area contributed by atoms with Crippen molar-refractivity contribution in [3.8, 4) is 11.5 Å². The van der Waals surface area contributed by atoms with E-state index in [1.165, 1.54) is 6.07 Å². The molecule has 1 aromatic carbocycles. The Hall–Kier alpha value is -1.72. The van der Waals surface area contributed by atoms with Gasteiger partial charge in [-0.3, -0.25) is 4.79 Å². The average Bonchev–Trinajstić information content (AvgIpc) is 2.26. The number of fused-ring (bicyclic) bond motifs is 1. The van der Waals surface area contributed by atoms with E-state index in [1.807, 2.05) is 0 Å². The molecule has 1 unspecified atom stereocenters. The second-order valence-corrected chi connectivity index (χ2v) is 3.23. The van der Waals surface area contributed by atoms with Crippen LogP contribution in [0.15, 0.2) is 24.3 Å². The number of benzene rings is 1. The Labute approximate surface area is 88.8 Å². The van der Waals surface area contributed by atoms with Crippen molar-refractivity contribution in [2.24, 2.45) is 0 Å². The Morgan fingerprint density at radius 3 is 2.50 bits per heavy atom. The zero-order valence-electron chi connectivity index (χ0n) is 7.95. The summed E-state index contributed by atoms with van der Waals surface area (Å²) in [6.45, 7) is -0.421. The summed E-state index contributed by atoms with van der Waals surface area (Å²) in [5.74, 6) is -1.44. The van der Waals surface area contributed by atoms with Gasteiger partial charge in [-0.05, 0) is 12.1 Å². The minimum Gasteiger partial charge on any atom is -0.485 e. The molecule has 1 aromatic rings. The van der Waals surface area contributed by atoms with Crippen LogP contribution in [0.4, 0.5) is 13.2 Å². The van der Waals surface area contributed by atoms with Gasteiger partial charge in [0, 0.05) is 0 Å². The summed E-state index contributed by atoms with van der Waals surface area (Å²) in [5.41, 5.74) is 0. The van der Waals surface area contributed by atoms with Crippen molar-refractivity contribution in [3.63, 3.8) is 0 Å². The molecule has 86 valence electrons. The van der Waals surface area contributed by atoms with Crippen molar-refractivity contribution in [1.29, 1.82) is 0 Å². The van der Waals surface area contributed by atoms with Crippen molar-refractivity contribution in [3.05, 3.63) is 24.3 Å². The number of ketones is 1. The number of Topliss-reactive ketones (excluding diaryl/α,β-unsaturated/α-hetero) is 1. The first-order valence-corrected chi connectivity index (χ1v) is 4.48. The molecule has 1 atom stereocenters. The lowest BCUT2D eigenvalue weighted by molar-refractivity contribution is -0.180. The zero-order chi connectivity index (χ0) is 11.8. The summed E-state index contributed by atoms with van der Waals surface area (Å²) in [4.78, 5) is 10.9. The number of halogens is 3. The van der Waals surface area contributed by atoms with Gasteiger partial charge < -0.3 is 9.47 Å². The van der Waals surface area contributed by atoms with E-state index >= 15 is 0 Å². The molecule has 0 saturated carbocycles. The fraction of sp³-hybridized carbons (Fsp3) is 0.300. The molecule has 1 aliphatic heterocycles. The lowest BCUT2D eigenvalue weighted by Gasteiger charge is -2.25. The summed E-state index contributed by atoms with van der Waals surface area (Å²) in [6.07, 6.45) is -6.52. The van der Waals surface area contributed by atoms with Crippen LogP contribution < -0.4 is 9.47 Å². The van der Waals surface area contributed by atoms with E-state index in [-0.39, 0.29) is 5.75 Å². The van der Waals surface area contributed by atoms with Crippen molar-refractivity contribution in [1.82, 2.24) is 0 Å². The van der Waals surface area contributed by atoms with Crippen LogP contribution in [0.2, 0.25) is 0 Å². The Morgan fingerprint density at radius 2 is 1.88 bits per heavy atom. The van der Waals surface area contributed by atoms with Gasteiger partial charge in [-0.15, -0.1) is 0 Å². The monoisotopic (exact) mass is 232 g/mol. The Bertz CT molecular complexity index is 414. The van der Waals surface area contributed by atoms with Gasteiger partial charge in [0.15, 0.2) is 17.6 Å². The second-order valence-electron chi connectivity index (χ2n) is 3.23. The highest BCUT2D eigenvalue weighted by molar-refractivity contribution is 5.89. The third-order valence-electron chi connectivity index (χ3n) is 2.08. The topological polar surface area (TPSA) is 35.5 Å². The molecule has 0 spiro atoms. The first-order chi connectivity index (χ1) is 7.48. The van der Waals surface area contributed by atoms with Crippen LogP contribution >= 0.6 is 0 Å². The van der Waals surface area contributed by atoms with Crippen molar-refractivity contribution in [2.45, 2.75) is 12.3 Å². The molecule has 0 N–H and O–H groups in total. The Morgan fingerprint density at radius 1 is 1.25 bits per heavy atom. The predicted molar refractivity (Wildman–Crippen MR) is 47.4 cm³/mol. The van der Waals surface area contributed by atoms with Gasteiger partial charge in [0.1, 0.15) is 6.61 Å². The van der Waals surface area contributed by atoms with Crippen LogP contribution in [0.5, 0.6) is 11.5 Å². The first-order valence-electron chi connectivity index (χ1n) is 4.48. The summed E-state index contributed by atoms with van der Waals surface area (Å²) in [5, 5.41) is 0. The third-order valence-corrected chi connectivity index (χ3v) is 2.08. The number of hydrogen-bond acceptors (Lipinski definition) is 3. The Kier molecular flexibility index (Phi) is 2.49. The third kappa shape index (κ3) is 1.95. The van der Waals surface area contributed by atoms with Gasteiger partial charge in [0.25, 0.3) is 5.78 Å². The van der Waals surface area contributed by atoms with Gasteiger partial charge in [0.2, 0.25) is 0 Å². The van der Waals surface area contributed by atoms with Crippen LogP contribution in [0.1, 0.15) is 0 Å². The molecular weight excluding hydrogens is 225 g/mol. The summed E-state index contributed by atoms with van der Waals surface area (Å²) in [6, 6.07) is 6.26. The number of para-hydroxylation sites is 2. The SMILES string of the molecule is O=C(C1COc2ccccc2O1)C(F)(F)F. The fourth-order valence-corrected chi connectivity index (χ4v) is 1.33. The van der Waals surface area contributed by atoms with Gasteiger partial charge in [-0.25, -0.2) is 0 Å². The van der Waals surface area contributed by atoms with E-state index < -0.39 is 24.7 Å². The molecule has 3 nitrogen and oxygen atoms in total. The average molecular weight is 232 g/mol. The molecule has 0 aromatic heterocycles. The first kappa shape index (κ1) is 10.8. The highest BCUT2D eigenvalue weighted by Crippen LogP contribution is 2.32. The number of carbonyl (C=O) groups is 1. The molecule has 1 heterocycles. The summed E-state index contributed by atoms with van der Waals surface area (Å²) < 4.78 is 46.3. The normalized spacial score (nSPS) is 19.3. The van der Waals surface area contributed by atoms with Gasteiger partial charge >= 0.3 is 6.18 Å². The lowest BCUT2D eigenvalue weighted by atomic mass is 10.2. The smallest absolute Gasteiger partial charge is 0.454 e. The summed E-state index contributed by atoms with van der Waals surface area (Å²) >= 11 is 0. The van der Waals surface area contributed by atoms with E-state index in [2.05, 4.69) is 0 Å². The van der Waals surface area contributed by atoms with E-state index in [1.54, 1.807) is 18.2 Å². The van der Waals surface area contributed by atoms with Crippen molar-refractivity contribution < 1.29 is 27.4 Å². The van der Waals surface area contributed by atoms with Crippen molar-refractivity contribution >= 4 is 5.78 Å². The standard InChI is InChI=1S/C10H7F3O3/c11-10(12,13)9(14)8-5-15-6-3-1-2-4-7(6)16-8/h1-4,8H,5H2. The van der Waals surface area contributed by atoms with Crippen LogP contribution in [0, 0.1) is 0 Å². The molecule has 0 saturated heterocycles. The Balaban J connectivity index is 2.17. The number of hydrogen-bond donors (Lipinski definition) is 0. The predicted octanol–water partition coefficient (Wildman–Crippen LogP) is 1.96. The molecule has 0 fully saturated rings. The molecule has 16 heavy (non-hydrogen) atoms. The number of rotatable bonds is 1. The minimum atomic E-state index is -4.90. The van der Waals surface area contributed by atoms with Crippen molar-refractivity contribution in [2.75, 3.05) is 6.61 Å². The number of alkyl halides is 3. The van der Waals surface area contributed by atoms with E-state index in [0.717, 1.165) is 0 Å². The molecule has 6 heteroatoms. The van der Waals surface area contributed by atoms with Crippen LogP contribution in [-0.4, -0.2) is 24.7 Å². The van der Waals surface area contributed by atoms with E-state index in [9.17, 15) is 18.0 Å². The molecule has 1 aliphatic rings. The second kappa shape index (κ2) is 3.70. The van der Waals surface area contributed by atoms with Crippen LogP contribution in [0.25, 0.3) is 0 Å². The fourth-order valence-electron chi connectivity index (χ4n) is 1.33.